The van der Waals surface area contributed by atoms with E-state index in [9.17, 15) is 13.2 Å². The first-order chi connectivity index (χ1) is 14.7. The zero-order valence-electron chi connectivity index (χ0n) is 18.5. The summed E-state index contributed by atoms with van der Waals surface area (Å²) < 4.78 is 39.9. The lowest BCUT2D eigenvalue weighted by atomic mass is 10.2. The molecule has 1 fully saturated rings. The predicted molar refractivity (Wildman–Crippen MR) is 116 cm³/mol. The van der Waals surface area contributed by atoms with Crippen molar-refractivity contribution >= 4 is 21.7 Å². The molecule has 1 aliphatic heterocycles. The second-order valence-corrected chi connectivity index (χ2v) is 9.24. The van der Waals surface area contributed by atoms with E-state index in [1.54, 1.807) is 55.8 Å². The summed E-state index contributed by atoms with van der Waals surface area (Å²) in [6.07, 6.45) is 0.539. The topological polar surface area (TPSA) is 106 Å². The van der Waals surface area contributed by atoms with Crippen LogP contribution in [-0.4, -0.2) is 73.8 Å². The molecule has 0 unspecified atom stereocenters. The van der Waals surface area contributed by atoms with Crippen molar-refractivity contribution in [2.75, 3.05) is 45.7 Å². The van der Waals surface area contributed by atoms with Gasteiger partial charge in [0.2, 0.25) is 10.0 Å². The SMILES string of the molecule is COc1ccc(NC(=O)N2CCCN(S(=O)(=O)c3c(C)nn(C)c3C)CC2)cc1OC. The van der Waals surface area contributed by atoms with Crippen LogP contribution in [0.4, 0.5) is 10.5 Å². The maximum Gasteiger partial charge on any atom is 0.321 e. The highest BCUT2D eigenvalue weighted by Gasteiger charge is 2.32. The Balaban J connectivity index is 1.70. The van der Waals surface area contributed by atoms with Crippen LogP contribution in [0, 0.1) is 13.8 Å². The van der Waals surface area contributed by atoms with E-state index in [0.29, 0.717) is 48.1 Å². The maximum absolute atomic E-state index is 13.2. The number of ether oxygens (including phenoxy) is 2. The van der Waals surface area contributed by atoms with E-state index < -0.39 is 10.0 Å². The predicted octanol–water partition coefficient (Wildman–Crippen LogP) is 1.98. The minimum atomic E-state index is -3.69. The first-order valence-electron chi connectivity index (χ1n) is 9.97. The molecule has 2 heterocycles. The van der Waals surface area contributed by atoms with Crippen molar-refractivity contribution < 1.29 is 22.7 Å². The van der Waals surface area contributed by atoms with Gasteiger partial charge in [-0.25, -0.2) is 13.2 Å². The number of benzene rings is 1. The number of aromatic nitrogens is 2. The first kappa shape index (κ1) is 22.9. The molecular weight excluding hydrogens is 422 g/mol. The quantitative estimate of drug-likeness (QED) is 0.745. The molecule has 10 nitrogen and oxygen atoms in total. The van der Waals surface area contributed by atoms with Gasteiger partial charge in [-0.05, 0) is 32.4 Å². The lowest BCUT2D eigenvalue weighted by Gasteiger charge is -2.22. The number of hydrogen-bond donors (Lipinski definition) is 1. The molecule has 11 heteroatoms. The van der Waals surface area contributed by atoms with Crippen molar-refractivity contribution in [1.82, 2.24) is 19.0 Å². The molecule has 0 spiro atoms. The van der Waals surface area contributed by atoms with E-state index in [-0.39, 0.29) is 24.0 Å². The zero-order valence-corrected chi connectivity index (χ0v) is 19.3. The molecule has 1 aromatic carbocycles. The van der Waals surface area contributed by atoms with Crippen LogP contribution >= 0.6 is 0 Å². The second kappa shape index (κ2) is 9.15. The Morgan fingerprint density at radius 3 is 2.39 bits per heavy atom. The molecule has 31 heavy (non-hydrogen) atoms. The minimum absolute atomic E-state index is 0.218. The van der Waals surface area contributed by atoms with Crippen LogP contribution < -0.4 is 14.8 Å². The number of carbonyl (C=O) groups excluding carboxylic acids is 1. The third-order valence-corrected chi connectivity index (χ3v) is 7.57. The number of sulfonamides is 1. The molecule has 1 aromatic heterocycles. The highest BCUT2D eigenvalue weighted by atomic mass is 32.2. The summed E-state index contributed by atoms with van der Waals surface area (Å²) in [5.41, 5.74) is 1.65. The summed E-state index contributed by atoms with van der Waals surface area (Å²) in [5.74, 6) is 1.08. The van der Waals surface area contributed by atoms with Gasteiger partial charge >= 0.3 is 6.03 Å². The summed E-state index contributed by atoms with van der Waals surface area (Å²) in [6, 6.07) is 4.82. The van der Waals surface area contributed by atoms with Gasteiger partial charge in [-0.15, -0.1) is 0 Å². The fraction of sp³-hybridized carbons (Fsp3) is 0.500. The highest BCUT2D eigenvalue weighted by Crippen LogP contribution is 2.30. The summed E-state index contributed by atoms with van der Waals surface area (Å²) in [6.45, 7) is 4.74. The van der Waals surface area contributed by atoms with Crippen LogP contribution in [0.2, 0.25) is 0 Å². The van der Waals surface area contributed by atoms with Gasteiger partial charge in [-0.3, -0.25) is 4.68 Å². The van der Waals surface area contributed by atoms with Crippen molar-refractivity contribution in [2.24, 2.45) is 7.05 Å². The van der Waals surface area contributed by atoms with Crippen molar-refractivity contribution in [3.63, 3.8) is 0 Å². The van der Waals surface area contributed by atoms with E-state index in [2.05, 4.69) is 10.4 Å². The van der Waals surface area contributed by atoms with Crippen molar-refractivity contribution in [1.29, 1.82) is 0 Å². The van der Waals surface area contributed by atoms with Crippen LogP contribution in [0.5, 0.6) is 11.5 Å². The third kappa shape index (κ3) is 4.62. The fourth-order valence-electron chi connectivity index (χ4n) is 3.71. The largest absolute Gasteiger partial charge is 0.493 e. The number of methoxy groups -OCH3 is 2. The van der Waals surface area contributed by atoms with E-state index >= 15 is 0 Å². The van der Waals surface area contributed by atoms with Crippen molar-refractivity contribution in [3.8, 4) is 11.5 Å². The highest BCUT2D eigenvalue weighted by molar-refractivity contribution is 7.89. The number of aryl methyl sites for hydroxylation is 2. The summed E-state index contributed by atoms with van der Waals surface area (Å²) in [5, 5.41) is 7.07. The molecule has 0 aliphatic carbocycles. The number of carbonyl (C=O) groups is 1. The standard InChI is InChI=1S/C20H29N5O5S/c1-14-19(15(2)23(3)22-14)31(27,28)25-10-6-9-24(11-12-25)20(26)21-16-7-8-17(29-4)18(13-16)30-5/h7-8,13H,6,9-12H2,1-5H3,(H,21,26). The number of anilines is 1. The van der Waals surface area contributed by atoms with Gasteiger partial charge in [0, 0.05) is 45.0 Å². The smallest absolute Gasteiger partial charge is 0.321 e. The first-order valence-corrected chi connectivity index (χ1v) is 11.4. The molecule has 3 rings (SSSR count). The van der Waals surface area contributed by atoms with Gasteiger partial charge in [-0.1, -0.05) is 0 Å². The third-order valence-electron chi connectivity index (χ3n) is 5.42. The molecule has 1 saturated heterocycles. The molecule has 0 atom stereocenters. The van der Waals surface area contributed by atoms with Gasteiger partial charge in [-0.2, -0.15) is 9.40 Å². The monoisotopic (exact) mass is 451 g/mol. The van der Waals surface area contributed by atoms with Crippen LogP contribution in [0.25, 0.3) is 0 Å². The summed E-state index contributed by atoms with van der Waals surface area (Å²) >= 11 is 0. The molecule has 0 bridgehead atoms. The van der Waals surface area contributed by atoms with Crippen LogP contribution in [0.15, 0.2) is 23.1 Å². The van der Waals surface area contributed by atoms with Gasteiger partial charge in [0.1, 0.15) is 4.90 Å². The average molecular weight is 452 g/mol. The maximum atomic E-state index is 13.2. The number of urea groups is 1. The normalized spacial score (nSPS) is 15.5. The van der Waals surface area contributed by atoms with Crippen molar-refractivity contribution in [2.45, 2.75) is 25.2 Å². The summed E-state index contributed by atoms with van der Waals surface area (Å²) in [4.78, 5) is 14.6. The number of rotatable bonds is 5. The summed E-state index contributed by atoms with van der Waals surface area (Å²) in [7, 11) is 1.11. The van der Waals surface area contributed by atoms with Crippen molar-refractivity contribution in [3.05, 3.63) is 29.6 Å². The van der Waals surface area contributed by atoms with Gasteiger partial charge in [0.25, 0.3) is 0 Å². The van der Waals surface area contributed by atoms with Crippen LogP contribution in [0.1, 0.15) is 17.8 Å². The number of nitrogens with zero attached hydrogens (tertiary/aromatic N) is 4. The average Bonchev–Trinajstić information content (AvgIpc) is 2.91. The number of nitrogens with one attached hydrogen (secondary N) is 1. The lowest BCUT2D eigenvalue weighted by molar-refractivity contribution is 0.214. The Bertz CT molecular complexity index is 1070. The molecule has 170 valence electrons. The minimum Gasteiger partial charge on any atom is -0.493 e. The Kier molecular flexibility index (Phi) is 6.75. The van der Waals surface area contributed by atoms with Crippen LogP contribution in [0.3, 0.4) is 0 Å². The molecule has 2 amide bonds. The van der Waals surface area contributed by atoms with E-state index in [1.807, 2.05) is 0 Å². The van der Waals surface area contributed by atoms with Gasteiger partial charge in [0.15, 0.2) is 11.5 Å². The molecular formula is C20H29N5O5S. The Morgan fingerprint density at radius 1 is 1.06 bits per heavy atom. The van der Waals surface area contributed by atoms with E-state index in [4.69, 9.17) is 9.47 Å². The van der Waals surface area contributed by atoms with E-state index in [0.717, 1.165) is 0 Å². The zero-order chi connectivity index (χ0) is 22.8. The number of amides is 2. The van der Waals surface area contributed by atoms with Gasteiger partial charge < -0.3 is 19.7 Å². The Labute approximate surface area is 182 Å². The fourth-order valence-corrected chi connectivity index (χ4v) is 5.58. The lowest BCUT2D eigenvalue weighted by Crippen LogP contribution is -2.39. The molecule has 1 N–H and O–H groups in total. The Morgan fingerprint density at radius 2 is 1.77 bits per heavy atom. The molecule has 0 saturated carbocycles. The molecule has 0 radical (unpaired) electrons. The van der Waals surface area contributed by atoms with Gasteiger partial charge in [0.05, 0.1) is 25.6 Å². The van der Waals surface area contributed by atoms with Crippen LogP contribution in [-0.2, 0) is 17.1 Å². The molecule has 2 aromatic rings. The molecule has 1 aliphatic rings. The van der Waals surface area contributed by atoms with E-state index in [1.165, 1.54) is 11.4 Å². The second-order valence-electron chi connectivity index (χ2n) is 7.37. The number of hydrogen-bond acceptors (Lipinski definition) is 6. The Hall–Kier alpha value is -2.79.